The van der Waals surface area contributed by atoms with Crippen molar-refractivity contribution in [2.75, 3.05) is 12.4 Å². The molecule has 0 radical (unpaired) electrons. The lowest BCUT2D eigenvalue weighted by Crippen LogP contribution is -2.41. The van der Waals surface area contributed by atoms with Crippen molar-refractivity contribution < 1.29 is 4.42 Å². The Morgan fingerprint density at radius 2 is 2.00 bits per heavy atom. The molecule has 0 aromatic carbocycles. The van der Waals surface area contributed by atoms with Gasteiger partial charge in [-0.1, -0.05) is 0 Å². The van der Waals surface area contributed by atoms with Crippen LogP contribution >= 0.6 is 0 Å². The fraction of sp³-hybridized carbons (Fsp3) is 0.250. The number of hydrogen-bond acceptors (Lipinski definition) is 3. The summed E-state index contributed by atoms with van der Waals surface area (Å²) in [6, 6.07) is 3.51. The van der Waals surface area contributed by atoms with Gasteiger partial charge in [0.1, 0.15) is 5.76 Å². The van der Waals surface area contributed by atoms with Crippen LogP contribution in [0.2, 0.25) is 0 Å². The maximum absolute atomic E-state index is 7.41. The van der Waals surface area contributed by atoms with Crippen molar-refractivity contribution in [3.05, 3.63) is 17.9 Å². The van der Waals surface area contributed by atoms with Crippen LogP contribution in [0.25, 0.3) is 0 Å². The molecule has 0 saturated carbocycles. The summed E-state index contributed by atoms with van der Waals surface area (Å²) >= 11 is 0. The van der Waals surface area contributed by atoms with E-state index >= 15 is 0 Å². The molecule has 6 heteroatoms. The molecule has 6 nitrogen and oxygen atoms in total. The lowest BCUT2D eigenvalue weighted by atomic mass is 10.5. The average Bonchev–Trinajstić information content (AvgIpc) is 2.50. The van der Waals surface area contributed by atoms with Crippen LogP contribution in [0.4, 0.5) is 5.88 Å². The molecule has 0 amide bonds. The van der Waals surface area contributed by atoms with Crippen molar-refractivity contribution in [2.24, 2.45) is 0 Å². The van der Waals surface area contributed by atoms with Crippen LogP contribution in [-0.2, 0) is 0 Å². The van der Waals surface area contributed by atoms with Crippen LogP contribution in [0.1, 0.15) is 5.76 Å². The molecule has 1 aromatic rings. The van der Waals surface area contributed by atoms with Gasteiger partial charge in [-0.15, -0.1) is 0 Å². The van der Waals surface area contributed by atoms with Gasteiger partial charge >= 0.3 is 0 Å². The predicted octanol–water partition coefficient (Wildman–Crippen LogP) is 0.678. The maximum atomic E-state index is 7.41. The minimum atomic E-state index is -0.0151. The molecular weight excluding hydrogens is 182 g/mol. The fourth-order valence-electron chi connectivity index (χ4n) is 0.844. The number of guanidine groups is 2. The van der Waals surface area contributed by atoms with Crippen LogP contribution < -0.4 is 16.0 Å². The van der Waals surface area contributed by atoms with Gasteiger partial charge in [-0.25, -0.2) is 0 Å². The van der Waals surface area contributed by atoms with Gasteiger partial charge < -0.3 is 9.73 Å². The highest BCUT2D eigenvalue weighted by Crippen LogP contribution is 2.10. The number of nitrogens with one attached hydrogen (secondary N) is 5. The molecule has 0 bridgehead atoms. The Kier molecular flexibility index (Phi) is 3.11. The Morgan fingerprint density at radius 3 is 2.50 bits per heavy atom. The summed E-state index contributed by atoms with van der Waals surface area (Å²) in [5.74, 6) is 1.28. The molecule has 0 saturated heterocycles. The summed E-state index contributed by atoms with van der Waals surface area (Å²) in [4.78, 5) is 0. The van der Waals surface area contributed by atoms with Crippen molar-refractivity contribution in [3.63, 3.8) is 0 Å². The van der Waals surface area contributed by atoms with Crippen LogP contribution in [0.3, 0.4) is 0 Å². The molecular formula is C8H13N5O. The first kappa shape index (κ1) is 10.1. The van der Waals surface area contributed by atoms with E-state index in [-0.39, 0.29) is 11.9 Å². The second kappa shape index (κ2) is 4.31. The van der Waals surface area contributed by atoms with Gasteiger partial charge in [-0.05, 0) is 13.0 Å². The molecule has 1 rings (SSSR count). The summed E-state index contributed by atoms with van der Waals surface area (Å²) in [5, 5.41) is 22.3. The first-order valence-corrected chi connectivity index (χ1v) is 4.07. The van der Waals surface area contributed by atoms with Gasteiger partial charge in [0.25, 0.3) is 0 Å². The topological polar surface area (TPSA) is 96.9 Å². The zero-order chi connectivity index (χ0) is 10.6. The van der Waals surface area contributed by atoms with E-state index in [1.165, 1.54) is 0 Å². The number of aryl methyl sites for hydroxylation is 1. The van der Waals surface area contributed by atoms with Crippen LogP contribution in [0.5, 0.6) is 0 Å². The minimum absolute atomic E-state index is 0.0151. The highest BCUT2D eigenvalue weighted by atomic mass is 16.4. The lowest BCUT2D eigenvalue weighted by molar-refractivity contribution is 0.552. The van der Waals surface area contributed by atoms with Gasteiger partial charge in [-0.3, -0.25) is 21.5 Å². The van der Waals surface area contributed by atoms with E-state index in [1.54, 1.807) is 19.2 Å². The summed E-state index contributed by atoms with van der Waals surface area (Å²) < 4.78 is 5.19. The smallest absolute Gasteiger partial charge is 0.202 e. The van der Waals surface area contributed by atoms with Gasteiger partial charge in [0.2, 0.25) is 5.96 Å². The molecule has 0 spiro atoms. The van der Waals surface area contributed by atoms with Gasteiger partial charge in [0, 0.05) is 13.1 Å². The van der Waals surface area contributed by atoms with Crippen molar-refractivity contribution in [2.45, 2.75) is 6.92 Å². The number of rotatable bonds is 1. The number of hydrogen-bond donors (Lipinski definition) is 5. The van der Waals surface area contributed by atoms with Gasteiger partial charge in [-0.2, -0.15) is 0 Å². The van der Waals surface area contributed by atoms with Crippen LogP contribution in [-0.4, -0.2) is 19.0 Å². The lowest BCUT2D eigenvalue weighted by Gasteiger charge is -2.07. The molecule has 0 unspecified atom stereocenters. The zero-order valence-corrected chi connectivity index (χ0v) is 8.06. The van der Waals surface area contributed by atoms with E-state index in [9.17, 15) is 0 Å². The third-order valence-electron chi connectivity index (χ3n) is 1.49. The molecule has 1 aromatic heterocycles. The van der Waals surface area contributed by atoms with Gasteiger partial charge in [0.15, 0.2) is 11.8 Å². The second-order valence-corrected chi connectivity index (χ2v) is 2.66. The predicted molar refractivity (Wildman–Crippen MR) is 54.7 cm³/mol. The normalized spacial score (nSPS) is 9.29. The molecule has 14 heavy (non-hydrogen) atoms. The molecule has 0 aliphatic rings. The van der Waals surface area contributed by atoms with E-state index < -0.39 is 0 Å². The SMILES string of the molecule is CNC(=N)NC(=N)Nc1ccc(C)o1. The van der Waals surface area contributed by atoms with Crippen molar-refractivity contribution in [3.8, 4) is 0 Å². The third-order valence-corrected chi connectivity index (χ3v) is 1.49. The summed E-state index contributed by atoms with van der Waals surface area (Å²) in [6.07, 6.45) is 0. The van der Waals surface area contributed by atoms with E-state index in [4.69, 9.17) is 15.2 Å². The Hall–Kier alpha value is -1.98. The average molecular weight is 195 g/mol. The third kappa shape index (κ3) is 2.81. The molecule has 0 fully saturated rings. The highest BCUT2D eigenvalue weighted by Gasteiger charge is 2.02. The number of furan rings is 1. The van der Waals surface area contributed by atoms with Crippen LogP contribution in [0.15, 0.2) is 16.5 Å². The monoisotopic (exact) mass is 195 g/mol. The van der Waals surface area contributed by atoms with Crippen molar-refractivity contribution in [1.29, 1.82) is 10.8 Å². The number of anilines is 1. The molecule has 76 valence electrons. The Balaban J connectivity index is 2.45. The standard InChI is InChI=1S/C8H13N5O/c1-5-3-4-6(14-5)12-8(10)13-7(9)11-2/h3-4H,1-2H3,(H5,9,10,11,12,13). The fourth-order valence-corrected chi connectivity index (χ4v) is 0.844. The van der Waals surface area contributed by atoms with Crippen LogP contribution in [0, 0.1) is 17.7 Å². The first-order valence-electron chi connectivity index (χ1n) is 4.07. The van der Waals surface area contributed by atoms with E-state index in [0.29, 0.717) is 5.88 Å². The largest absolute Gasteiger partial charge is 0.446 e. The first-order chi connectivity index (χ1) is 6.61. The van der Waals surface area contributed by atoms with E-state index in [2.05, 4.69) is 16.0 Å². The molecule has 0 aliphatic carbocycles. The van der Waals surface area contributed by atoms with E-state index in [1.807, 2.05) is 6.92 Å². The maximum Gasteiger partial charge on any atom is 0.202 e. The molecule has 5 N–H and O–H groups in total. The molecule has 0 aliphatic heterocycles. The minimum Gasteiger partial charge on any atom is -0.446 e. The zero-order valence-electron chi connectivity index (χ0n) is 8.06. The summed E-state index contributed by atoms with van der Waals surface area (Å²) in [6.45, 7) is 1.82. The Labute approximate surface area is 81.7 Å². The van der Waals surface area contributed by atoms with Gasteiger partial charge in [0.05, 0.1) is 0 Å². The van der Waals surface area contributed by atoms with E-state index in [0.717, 1.165) is 5.76 Å². The molecule has 1 heterocycles. The quantitative estimate of drug-likeness (QED) is 0.336. The summed E-state index contributed by atoms with van der Waals surface area (Å²) in [5.41, 5.74) is 0. The Bertz CT molecular complexity index is 343. The summed E-state index contributed by atoms with van der Waals surface area (Å²) in [7, 11) is 1.60. The molecule has 0 atom stereocenters. The van der Waals surface area contributed by atoms with Crippen molar-refractivity contribution in [1.82, 2.24) is 10.6 Å². The highest BCUT2D eigenvalue weighted by molar-refractivity contribution is 6.01. The van der Waals surface area contributed by atoms with Crippen molar-refractivity contribution >= 4 is 17.8 Å². The Morgan fingerprint density at radius 1 is 1.29 bits per heavy atom. The second-order valence-electron chi connectivity index (χ2n) is 2.66.